The minimum Gasteiger partial charge on any atom is -0.347 e. The Balaban J connectivity index is 1.32. The van der Waals surface area contributed by atoms with E-state index in [1.807, 2.05) is 4.90 Å². The normalized spacial score (nSPS) is 28.0. The zero-order valence-corrected chi connectivity index (χ0v) is 14.6. The third kappa shape index (κ3) is 3.09. The molecule has 0 aliphatic carbocycles. The molecule has 1 amide bonds. The van der Waals surface area contributed by atoms with Crippen LogP contribution in [0.5, 0.6) is 0 Å². The maximum absolute atomic E-state index is 12.8. The number of imidazole rings is 1. The molecule has 3 aliphatic rings. The molecule has 132 valence electrons. The van der Waals surface area contributed by atoms with Crippen molar-refractivity contribution in [3.05, 3.63) is 17.7 Å². The lowest BCUT2D eigenvalue weighted by Crippen LogP contribution is -2.47. The Morgan fingerprint density at radius 2 is 2.00 bits per heavy atom. The Kier molecular flexibility index (Phi) is 4.12. The number of nitrogens with zero attached hydrogens (tertiary/aromatic N) is 3. The second-order valence-electron chi connectivity index (χ2n) is 7.20. The van der Waals surface area contributed by atoms with E-state index in [0.717, 1.165) is 56.7 Å². The van der Waals surface area contributed by atoms with Crippen molar-refractivity contribution in [2.45, 2.75) is 38.3 Å². The number of piperidine rings is 1. The van der Waals surface area contributed by atoms with E-state index in [-0.39, 0.29) is 17.9 Å². The molecule has 1 aromatic rings. The topological polar surface area (TPSA) is 86.4 Å². The summed E-state index contributed by atoms with van der Waals surface area (Å²) < 4.78 is 23.3. The SMILES string of the molecule is O=C(C1CCN([C@@H]2CCS(=O)(=O)C2)CC1)N1CCc2nc[nH]c2C1. The van der Waals surface area contributed by atoms with E-state index in [2.05, 4.69) is 14.9 Å². The molecule has 0 radical (unpaired) electrons. The monoisotopic (exact) mass is 352 g/mol. The minimum atomic E-state index is -2.84. The van der Waals surface area contributed by atoms with Crippen molar-refractivity contribution in [3.8, 4) is 0 Å². The summed E-state index contributed by atoms with van der Waals surface area (Å²) in [6.07, 6.45) is 4.94. The number of aromatic amines is 1. The van der Waals surface area contributed by atoms with E-state index in [0.29, 0.717) is 18.1 Å². The molecule has 4 heterocycles. The van der Waals surface area contributed by atoms with Gasteiger partial charge in [-0.25, -0.2) is 13.4 Å². The molecular weight excluding hydrogens is 328 g/mol. The number of rotatable bonds is 2. The third-order valence-electron chi connectivity index (χ3n) is 5.69. The number of hydrogen-bond donors (Lipinski definition) is 1. The van der Waals surface area contributed by atoms with Gasteiger partial charge in [0.15, 0.2) is 9.84 Å². The summed E-state index contributed by atoms with van der Waals surface area (Å²) in [5.74, 6) is 0.926. The Bertz CT molecular complexity index is 721. The molecule has 24 heavy (non-hydrogen) atoms. The van der Waals surface area contributed by atoms with Crippen molar-refractivity contribution < 1.29 is 13.2 Å². The Hall–Kier alpha value is -1.41. The standard InChI is InChI=1S/C16H24N4O3S/c21-16(20-7-3-14-15(9-20)18-11-17-14)12-1-5-19(6-2-12)13-4-8-24(22,23)10-13/h11-13H,1-10H2,(H,17,18)/t13-/m1/s1. The van der Waals surface area contributed by atoms with Crippen molar-refractivity contribution in [1.29, 1.82) is 0 Å². The van der Waals surface area contributed by atoms with Crippen molar-refractivity contribution in [1.82, 2.24) is 19.8 Å². The quantitative estimate of drug-likeness (QED) is 0.821. The third-order valence-corrected chi connectivity index (χ3v) is 7.44. The van der Waals surface area contributed by atoms with Gasteiger partial charge >= 0.3 is 0 Å². The summed E-state index contributed by atoms with van der Waals surface area (Å²) in [6, 6.07) is 0.161. The molecule has 0 aromatic carbocycles. The summed E-state index contributed by atoms with van der Waals surface area (Å²) in [6.45, 7) is 3.05. The van der Waals surface area contributed by atoms with Crippen LogP contribution >= 0.6 is 0 Å². The molecule has 7 nitrogen and oxygen atoms in total. The van der Waals surface area contributed by atoms with Crippen LogP contribution in [0.4, 0.5) is 0 Å². The number of sulfone groups is 1. The average molecular weight is 352 g/mol. The number of aromatic nitrogens is 2. The smallest absolute Gasteiger partial charge is 0.226 e. The summed E-state index contributed by atoms with van der Waals surface area (Å²) >= 11 is 0. The van der Waals surface area contributed by atoms with Gasteiger partial charge in [-0.1, -0.05) is 0 Å². The molecule has 0 bridgehead atoms. The fourth-order valence-electron chi connectivity index (χ4n) is 4.23. The van der Waals surface area contributed by atoms with Crippen LogP contribution in [-0.4, -0.2) is 71.3 Å². The van der Waals surface area contributed by atoms with Crippen LogP contribution in [0.3, 0.4) is 0 Å². The molecule has 0 spiro atoms. The highest BCUT2D eigenvalue weighted by Crippen LogP contribution is 2.27. The second-order valence-corrected chi connectivity index (χ2v) is 9.43. The first-order chi connectivity index (χ1) is 11.5. The number of carbonyl (C=O) groups is 1. The highest BCUT2D eigenvalue weighted by molar-refractivity contribution is 7.91. The van der Waals surface area contributed by atoms with Crippen molar-refractivity contribution >= 4 is 15.7 Å². The van der Waals surface area contributed by atoms with Crippen LogP contribution < -0.4 is 0 Å². The van der Waals surface area contributed by atoms with E-state index in [9.17, 15) is 13.2 Å². The molecule has 8 heteroatoms. The van der Waals surface area contributed by atoms with Crippen LogP contribution in [0.2, 0.25) is 0 Å². The van der Waals surface area contributed by atoms with E-state index in [4.69, 9.17) is 0 Å². The molecule has 1 atom stereocenters. The second kappa shape index (κ2) is 6.15. The number of H-pyrrole nitrogens is 1. The number of fused-ring (bicyclic) bond motifs is 1. The maximum atomic E-state index is 12.8. The molecule has 3 aliphatic heterocycles. The first-order valence-electron chi connectivity index (χ1n) is 8.76. The van der Waals surface area contributed by atoms with Gasteiger partial charge in [0.1, 0.15) is 0 Å². The van der Waals surface area contributed by atoms with Crippen LogP contribution in [0.15, 0.2) is 6.33 Å². The van der Waals surface area contributed by atoms with Gasteiger partial charge < -0.3 is 9.88 Å². The van der Waals surface area contributed by atoms with E-state index < -0.39 is 9.84 Å². The maximum Gasteiger partial charge on any atom is 0.226 e. The van der Waals surface area contributed by atoms with Crippen LogP contribution in [0.25, 0.3) is 0 Å². The lowest BCUT2D eigenvalue weighted by Gasteiger charge is -2.37. The fourth-order valence-corrected chi connectivity index (χ4v) is 6.00. The van der Waals surface area contributed by atoms with Crippen LogP contribution in [-0.2, 0) is 27.6 Å². The molecule has 4 rings (SSSR count). The summed E-state index contributed by atoms with van der Waals surface area (Å²) in [5.41, 5.74) is 2.14. The van der Waals surface area contributed by atoms with E-state index in [1.54, 1.807) is 6.33 Å². The Morgan fingerprint density at radius 1 is 1.21 bits per heavy atom. The zero-order chi connectivity index (χ0) is 16.7. The van der Waals surface area contributed by atoms with Gasteiger partial charge in [-0.2, -0.15) is 0 Å². The zero-order valence-electron chi connectivity index (χ0n) is 13.8. The predicted octanol–water partition coefficient (Wildman–Crippen LogP) is 0.194. The van der Waals surface area contributed by atoms with Gasteiger partial charge in [-0.05, 0) is 32.4 Å². The van der Waals surface area contributed by atoms with Gasteiger partial charge in [0.2, 0.25) is 5.91 Å². The van der Waals surface area contributed by atoms with Crippen molar-refractivity contribution in [2.75, 3.05) is 31.1 Å². The molecule has 1 N–H and O–H groups in total. The molecule has 2 fully saturated rings. The summed E-state index contributed by atoms with van der Waals surface area (Å²) in [4.78, 5) is 24.4. The highest BCUT2D eigenvalue weighted by Gasteiger charge is 2.36. The largest absolute Gasteiger partial charge is 0.347 e. The molecule has 2 saturated heterocycles. The van der Waals surface area contributed by atoms with Crippen LogP contribution in [0, 0.1) is 5.92 Å². The number of nitrogens with one attached hydrogen (secondary N) is 1. The highest BCUT2D eigenvalue weighted by atomic mass is 32.2. The van der Waals surface area contributed by atoms with Gasteiger partial charge in [0, 0.05) is 24.9 Å². The Labute approximate surface area is 142 Å². The number of hydrogen-bond acceptors (Lipinski definition) is 5. The lowest BCUT2D eigenvalue weighted by molar-refractivity contribution is -0.138. The number of likely N-dealkylation sites (tertiary alicyclic amines) is 1. The molecule has 0 unspecified atom stereocenters. The van der Waals surface area contributed by atoms with Gasteiger partial charge in [0.25, 0.3) is 0 Å². The first kappa shape index (κ1) is 16.1. The molecule has 1 aromatic heterocycles. The molecule has 0 saturated carbocycles. The molecular formula is C16H24N4O3S. The first-order valence-corrected chi connectivity index (χ1v) is 10.6. The van der Waals surface area contributed by atoms with Gasteiger partial charge in [-0.15, -0.1) is 0 Å². The van der Waals surface area contributed by atoms with Crippen LogP contribution in [0.1, 0.15) is 30.7 Å². The average Bonchev–Trinajstić information content (AvgIpc) is 3.19. The lowest BCUT2D eigenvalue weighted by atomic mass is 9.93. The minimum absolute atomic E-state index is 0.0729. The summed E-state index contributed by atoms with van der Waals surface area (Å²) in [5, 5.41) is 0. The predicted molar refractivity (Wildman–Crippen MR) is 89.1 cm³/mol. The number of carbonyl (C=O) groups excluding carboxylic acids is 1. The number of amides is 1. The van der Waals surface area contributed by atoms with Crippen molar-refractivity contribution in [2.24, 2.45) is 5.92 Å². The van der Waals surface area contributed by atoms with E-state index in [1.165, 1.54) is 0 Å². The van der Waals surface area contributed by atoms with Crippen molar-refractivity contribution in [3.63, 3.8) is 0 Å². The fraction of sp³-hybridized carbons (Fsp3) is 0.750. The van der Waals surface area contributed by atoms with Gasteiger partial charge in [0.05, 0.1) is 35.8 Å². The van der Waals surface area contributed by atoms with E-state index >= 15 is 0 Å². The van der Waals surface area contributed by atoms with Gasteiger partial charge in [-0.3, -0.25) is 9.69 Å². The Morgan fingerprint density at radius 3 is 2.71 bits per heavy atom. The summed E-state index contributed by atoms with van der Waals surface area (Å²) in [7, 11) is -2.84.